The maximum Gasteiger partial charge on any atom is 0.410 e. The van der Waals surface area contributed by atoms with Crippen molar-refractivity contribution in [2.24, 2.45) is 0 Å². The first-order chi connectivity index (χ1) is 15.7. The molecule has 0 aliphatic carbocycles. The molecule has 33 heavy (non-hydrogen) atoms. The van der Waals surface area contributed by atoms with E-state index in [1.165, 1.54) is 5.69 Å². The molecule has 9 heteroatoms. The van der Waals surface area contributed by atoms with Crippen LogP contribution in [0.5, 0.6) is 0 Å². The summed E-state index contributed by atoms with van der Waals surface area (Å²) in [6, 6.07) is 8.72. The number of hydrogen-bond acceptors (Lipinski definition) is 7. The quantitative estimate of drug-likeness (QED) is 0.713. The summed E-state index contributed by atoms with van der Waals surface area (Å²) in [4.78, 5) is 32.3. The number of carbonyl (C=O) groups is 2. The minimum absolute atomic E-state index is 0.122. The van der Waals surface area contributed by atoms with Crippen molar-refractivity contribution in [3.05, 3.63) is 24.3 Å². The Morgan fingerprint density at radius 1 is 0.970 bits per heavy atom. The van der Waals surface area contributed by atoms with Crippen molar-refractivity contribution in [1.82, 2.24) is 15.1 Å². The number of nitrogens with zero attached hydrogens (tertiary/aromatic N) is 4. The molecular weight excluding hydrogens is 422 g/mol. The maximum absolute atomic E-state index is 12.3. The topological polar surface area (TPSA) is 88.6 Å². The molecule has 1 atom stereocenters. The summed E-state index contributed by atoms with van der Waals surface area (Å²) < 4.78 is 5.51. The highest BCUT2D eigenvalue weighted by Gasteiger charge is 2.31. The van der Waals surface area contributed by atoms with E-state index in [2.05, 4.69) is 27.2 Å². The number of hydrogen-bond donors (Lipinski definition) is 2. The highest BCUT2D eigenvalue weighted by molar-refractivity contribution is 5.78. The number of ether oxygens (including phenoxy) is 1. The number of aliphatic hydroxyl groups excluding tert-OH is 1. The van der Waals surface area contributed by atoms with E-state index in [4.69, 9.17) is 4.74 Å². The van der Waals surface area contributed by atoms with Crippen LogP contribution in [-0.4, -0.2) is 90.7 Å². The highest BCUT2D eigenvalue weighted by atomic mass is 16.6. The second-order valence-electron chi connectivity index (χ2n) is 10.1. The largest absolute Gasteiger partial charge is 0.444 e. The third-order valence-electron chi connectivity index (χ3n) is 6.66. The zero-order valence-corrected chi connectivity index (χ0v) is 20.0. The lowest BCUT2D eigenvalue weighted by atomic mass is 10.0. The molecule has 1 aromatic carbocycles. The first-order valence-electron chi connectivity index (χ1n) is 12.0. The fraction of sp³-hybridized carbons (Fsp3) is 0.667. The summed E-state index contributed by atoms with van der Waals surface area (Å²) in [5.41, 5.74) is 1.63. The summed E-state index contributed by atoms with van der Waals surface area (Å²) in [5.74, 6) is -0.122. The molecule has 0 saturated carbocycles. The molecule has 3 aliphatic heterocycles. The van der Waals surface area contributed by atoms with Gasteiger partial charge < -0.3 is 29.9 Å². The average Bonchev–Trinajstić information content (AvgIpc) is 2.78. The highest BCUT2D eigenvalue weighted by Crippen LogP contribution is 2.26. The molecule has 0 bridgehead atoms. The molecule has 182 valence electrons. The normalized spacial score (nSPS) is 23.5. The van der Waals surface area contributed by atoms with Gasteiger partial charge in [0, 0.05) is 69.7 Å². The number of likely N-dealkylation sites (tertiary alicyclic amines) is 1. The monoisotopic (exact) mass is 459 g/mol. The van der Waals surface area contributed by atoms with E-state index in [1.807, 2.05) is 37.8 Å². The number of nitrogens with one attached hydrogen (secondary N) is 1. The molecule has 3 aliphatic rings. The van der Waals surface area contributed by atoms with Gasteiger partial charge in [0.25, 0.3) is 0 Å². The van der Waals surface area contributed by atoms with Crippen molar-refractivity contribution in [3.63, 3.8) is 0 Å². The van der Waals surface area contributed by atoms with Gasteiger partial charge in [-0.15, -0.1) is 0 Å². The molecule has 3 heterocycles. The Kier molecular flexibility index (Phi) is 6.99. The van der Waals surface area contributed by atoms with E-state index in [1.54, 1.807) is 4.90 Å². The van der Waals surface area contributed by atoms with E-state index < -0.39 is 12.0 Å². The van der Waals surface area contributed by atoms with Gasteiger partial charge in [-0.2, -0.15) is 0 Å². The number of piperazine rings is 1. The van der Waals surface area contributed by atoms with Crippen LogP contribution >= 0.6 is 0 Å². The minimum Gasteiger partial charge on any atom is -0.444 e. The van der Waals surface area contributed by atoms with Crippen LogP contribution in [-0.2, 0) is 9.53 Å². The van der Waals surface area contributed by atoms with Crippen molar-refractivity contribution in [2.75, 3.05) is 55.6 Å². The lowest BCUT2D eigenvalue weighted by Crippen LogP contribution is -2.54. The number of amides is 2. The van der Waals surface area contributed by atoms with Crippen molar-refractivity contribution in [2.45, 2.75) is 58.0 Å². The molecular formula is C24H37N5O4. The SMILES string of the molecule is CC(C)(C)OC(=O)N1CCC(N2CCN(c3ccc(N4CCC(=O)NC4O)cc3)CC2)CC1. The van der Waals surface area contributed by atoms with E-state index in [0.717, 1.165) is 57.8 Å². The first kappa shape index (κ1) is 23.6. The fourth-order valence-corrected chi connectivity index (χ4v) is 4.85. The van der Waals surface area contributed by atoms with Gasteiger partial charge in [0.2, 0.25) is 12.3 Å². The van der Waals surface area contributed by atoms with Crippen LogP contribution in [0.4, 0.5) is 16.2 Å². The van der Waals surface area contributed by atoms with Crippen LogP contribution < -0.4 is 15.1 Å². The van der Waals surface area contributed by atoms with Crippen LogP contribution in [0, 0.1) is 0 Å². The minimum atomic E-state index is -0.970. The molecule has 1 aromatic rings. The Balaban J connectivity index is 1.24. The van der Waals surface area contributed by atoms with Crippen LogP contribution in [0.3, 0.4) is 0 Å². The zero-order chi connectivity index (χ0) is 23.6. The molecule has 0 radical (unpaired) electrons. The first-order valence-corrected chi connectivity index (χ1v) is 12.0. The number of anilines is 2. The second kappa shape index (κ2) is 9.77. The third-order valence-corrected chi connectivity index (χ3v) is 6.66. The van der Waals surface area contributed by atoms with E-state index >= 15 is 0 Å². The van der Waals surface area contributed by atoms with Gasteiger partial charge in [0.1, 0.15) is 5.60 Å². The van der Waals surface area contributed by atoms with E-state index in [0.29, 0.717) is 19.0 Å². The summed E-state index contributed by atoms with van der Waals surface area (Å²) in [7, 11) is 0. The lowest BCUT2D eigenvalue weighted by Gasteiger charge is -2.43. The van der Waals surface area contributed by atoms with Crippen molar-refractivity contribution < 1.29 is 19.4 Å². The molecule has 3 saturated heterocycles. The Morgan fingerprint density at radius 3 is 2.15 bits per heavy atom. The number of piperidine rings is 1. The van der Waals surface area contributed by atoms with Gasteiger partial charge in [0.05, 0.1) is 0 Å². The molecule has 9 nitrogen and oxygen atoms in total. The Labute approximate surface area is 196 Å². The Hall–Kier alpha value is -2.52. The van der Waals surface area contributed by atoms with E-state index in [9.17, 15) is 14.7 Å². The molecule has 1 unspecified atom stereocenters. The van der Waals surface area contributed by atoms with Gasteiger partial charge in [-0.25, -0.2) is 4.79 Å². The summed E-state index contributed by atoms with van der Waals surface area (Å²) in [6.45, 7) is 11.7. The zero-order valence-electron chi connectivity index (χ0n) is 20.0. The molecule has 0 aromatic heterocycles. The maximum atomic E-state index is 12.3. The van der Waals surface area contributed by atoms with Crippen LogP contribution in [0.2, 0.25) is 0 Å². The predicted octanol–water partition coefficient (Wildman–Crippen LogP) is 1.81. The van der Waals surface area contributed by atoms with Gasteiger partial charge in [0.15, 0.2) is 0 Å². The lowest BCUT2D eigenvalue weighted by molar-refractivity contribution is -0.125. The standard InChI is InChI=1S/C24H37N5O4/c1-24(2,3)33-23(32)28-11-8-19(9-12-28)27-16-14-26(15-17-27)18-4-6-20(7-5-18)29-13-10-21(30)25-22(29)31/h4-7,19,22,31H,8-17H2,1-3H3,(H,25,30). The van der Waals surface area contributed by atoms with Crippen molar-refractivity contribution in [1.29, 1.82) is 0 Å². The Morgan fingerprint density at radius 2 is 1.58 bits per heavy atom. The Bertz CT molecular complexity index is 824. The van der Waals surface area contributed by atoms with Crippen LogP contribution in [0.25, 0.3) is 0 Å². The molecule has 4 rings (SSSR count). The smallest absolute Gasteiger partial charge is 0.410 e. The van der Waals surface area contributed by atoms with Gasteiger partial charge >= 0.3 is 6.09 Å². The molecule has 0 spiro atoms. The third kappa shape index (κ3) is 5.89. The van der Waals surface area contributed by atoms with Gasteiger partial charge in [-0.1, -0.05) is 0 Å². The van der Waals surface area contributed by atoms with Crippen LogP contribution in [0.15, 0.2) is 24.3 Å². The fourth-order valence-electron chi connectivity index (χ4n) is 4.85. The summed E-state index contributed by atoms with van der Waals surface area (Å²) in [5, 5.41) is 12.7. The average molecular weight is 460 g/mol. The molecule has 2 amide bonds. The molecule has 2 N–H and O–H groups in total. The second-order valence-corrected chi connectivity index (χ2v) is 10.1. The number of aliphatic hydroxyl groups is 1. The van der Waals surface area contributed by atoms with E-state index in [-0.39, 0.29) is 12.0 Å². The summed E-state index contributed by atoms with van der Waals surface area (Å²) >= 11 is 0. The predicted molar refractivity (Wildman–Crippen MR) is 127 cm³/mol. The number of carbonyl (C=O) groups excluding carboxylic acids is 2. The number of benzene rings is 1. The summed E-state index contributed by atoms with van der Waals surface area (Å²) in [6.07, 6.45) is 1.19. The van der Waals surface area contributed by atoms with Crippen molar-refractivity contribution >= 4 is 23.4 Å². The number of rotatable bonds is 3. The van der Waals surface area contributed by atoms with Crippen molar-refractivity contribution in [3.8, 4) is 0 Å². The molecule has 3 fully saturated rings. The van der Waals surface area contributed by atoms with Gasteiger partial charge in [-0.3, -0.25) is 9.69 Å². The van der Waals surface area contributed by atoms with Gasteiger partial charge in [-0.05, 0) is 57.9 Å². The van der Waals surface area contributed by atoms with Crippen LogP contribution in [0.1, 0.15) is 40.0 Å².